The van der Waals surface area contributed by atoms with Crippen LogP contribution in [0.5, 0.6) is 0 Å². The molecule has 1 spiro atoms. The summed E-state index contributed by atoms with van der Waals surface area (Å²) in [6.07, 6.45) is 4.75. The molecule has 1 unspecified atom stereocenters. The molecular weight excluding hydrogens is 397 g/mol. The fourth-order valence-corrected chi connectivity index (χ4v) is 5.31. The summed E-state index contributed by atoms with van der Waals surface area (Å²) in [6, 6.07) is 11.9. The number of amides is 1. The van der Waals surface area contributed by atoms with Crippen LogP contribution in [0.2, 0.25) is 0 Å². The van der Waals surface area contributed by atoms with Crippen LogP contribution >= 0.6 is 0 Å². The van der Waals surface area contributed by atoms with Crippen LogP contribution in [0.1, 0.15) is 53.9 Å². The number of hydrogen-bond donors (Lipinski definition) is 1. The van der Waals surface area contributed by atoms with Crippen molar-refractivity contribution in [2.75, 3.05) is 19.7 Å². The number of carbonyl (C=O) groups excluding carboxylic acids is 1. The molecule has 0 aromatic heterocycles. The van der Waals surface area contributed by atoms with E-state index in [1.807, 2.05) is 17.0 Å². The van der Waals surface area contributed by atoms with Crippen LogP contribution in [-0.4, -0.2) is 47.7 Å². The van der Waals surface area contributed by atoms with E-state index in [1.165, 1.54) is 17.7 Å². The Morgan fingerprint density at radius 3 is 2.45 bits per heavy atom. The minimum atomic E-state index is -1.14. The summed E-state index contributed by atoms with van der Waals surface area (Å²) in [5.41, 5.74) is 2.86. The average molecular weight is 423 g/mol. The summed E-state index contributed by atoms with van der Waals surface area (Å²) in [5, 5.41) is 9.16. The number of benzene rings is 2. The van der Waals surface area contributed by atoms with Crippen LogP contribution in [0.4, 0.5) is 4.39 Å². The summed E-state index contributed by atoms with van der Waals surface area (Å²) in [4.78, 5) is 25.8. The van der Waals surface area contributed by atoms with Gasteiger partial charge in [0.05, 0.1) is 5.56 Å². The lowest BCUT2D eigenvalue weighted by Crippen LogP contribution is -2.44. The Morgan fingerprint density at radius 2 is 1.81 bits per heavy atom. The van der Waals surface area contributed by atoms with Gasteiger partial charge >= 0.3 is 5.97 Å². The number of ether oxygens (including phenoxy) is 1. The molecule has 162 valence electrons. The van der Waals surface area contributed by atoms with Crippen LogP contribution in [0.25, 0.3) is 11.1 Å². The molecule has 2 heterocycles. The quantitative estimate of drug-likeness (QED) is 0.788. The summed E-state index contributed by atoms with van der Waals surface area (Å²) >= 11 is 0. The third kappa shape index (κ3) is 3.85. The van der Waals surface area contributed by atoms with Gasteiger partial charge in [0.2, 0.25) is 0 Å². The fourth-order valence-electron chi connectivity index (χ4n) is 5.31. The summed E-state index contributed by atoms with van der Waals surface area (Å²) in [7, 11) is 0. The highest BCUT2D eigenvalue weighted by Gasteiger charge is 2.55. The minimum absolute atomic E-state index is 0.0514. The lowest BCUT2D eigenvalue weighted by Gasteiger charge is -2.34. The van der Waals surface area contributed by atoms with E-state index in [0.29, 0.717) is 18.1 Å². The van der Waals surface area contributed by atoms with Crippen molar-refractivity contribution in [2.24, 2.45) is 5.41 Å². The van der Waals surface area contributed by atoms with Crippen LogP contribution in [0.3, 0.4) is 0 Å². The van der Waals surface area contributed by atoms with Crippen molar-refractivity contribution >= 4 is 11.9 Å². The lowest BCUT2D eigenvalue weighted by molar-refractivity contribution is -0.142. The Bertz CT molecular complexity index is 1000. The molecule has 31 heavy (non-hydrogen) atoms. The number of aromatic carboxylic acids is 1. The predicted octanol–water partition coefficient (Wildman–Crippen LogP) is 4.47. The van der Waals surface area contributed by atoms with Gasteiger partial charge in [0.1, 0.15) is 11.9 Å². The van der Waals surface area contributed by atoms with Gasteiger partial charge in [-0.25, -0.2) is 9.18 Å². The maximum Gasteiger partial charge on any atom is 0.335 e. The second kappa shape index (κ2) is 7.75. The van der Waals surface area contributed by atoms with E-state index in [4.69, 9.17) is 9.84 Å². The lowest BCUT2D eigenvalue weighted by atomic mass is 9.88. The summed E-state index contributed by atoms with van der Waals surface area (Å²) in [6.45, 7) is 2.29. The normalized spacial score (nSPS) is 24.4. The van der Waals surface area contributed by atoms with Gasteiger partial charge in [-0.3, -0.25) is 4.79 Å². The Hall–Kier alpha value is -2.73. The third-order valence-corrected chi connectivity index (χ3v) is 7.26. The number of piperidine rings is 1. The van der Waals surface area contributed by atoms with Gasteiger partial charge in [0.15, 0.2) is 0 Å². The van der Waals surface area contributed by atoms with Crippen LogP contribution in [0, 0.1) is 11.2 Å². The molecule has 5 rings (SSSR count). The van der Waals surface area contributed by atoms with Crippen molar-refractivity contribution < 1.29 is 23.8 Å². The Morgan fingerprint density at radius 1 is 1.06 bits per heavy atom. The first-order valence-corrected chi connectivity index (χ1v) is 11.0. The minimum Gasteiger partial charge on any atom is -0.478 e. The molecule has 1 N–H and O–H groups in total. The van der Waals surface area contributed by atoms with Gasteiger partial charge in [-0.05, 0) is 78.3 Å². The van der Waals surface area contributed by atoms with E-state index in [0.717, 1.165) is 56.8 Å². The maximum absolute atomic E-state index is 13.8. The largest absolute Gasteiger partial charge is 0.478 e. The predicted molar refractivity (Wildman–Crippen MR) is 113 cm³/mol. The fraction of sp³-hybridized carbons (Fsp3) is 0.440. The number of nitrogens with zero attached hydrogens (tertiary/aromatic N) is 1. The van der Waals surface area contributed by atoms with Gasteiger partial charge in [-0.15, -0.1) is 0 Å². The number of rotatable bonds is 4. The zero-order chi connectivity index (χ0) is 21.6. The van der Waals surface area contributed by atoms with Crippen molar-refractivity contribution in [3.05, 3.63) is 59.4 Å². The molecule has 3 aliphatic rings. The van der Waals surface area contributed by atoms with Crippen LogP contribution in [0.15, 0.2) is 42.5 Å². The smallest absolute Gasteiger partial charge is 0.335 e. The van der Waals surface area contributed by atoms with E-state index in [9.17, 15) is 14.0 Å². The maximum atomic E-state index is 13.8. The molecule has 2 saturated heterocycles. The Kier molecular flexibility index (Phi) is 5.05. The second-order valence-corrected chi connectivity index (χ2v) is 9.10. The molecule has 0 radical (unpaired) electrons. The highest BCUT2D eigenvalue weighted by molar-refractivity contribution is 5.89. The molecule has 2 atom stereocenters. The highest BCUT2D eigenvalue weighted by atomic mass is 19.1. The first kappa shape index (κ1) is 20.2. The van der Waals surface area contributed by atoms with E-state index >= 15 is 0 Å². The zero-order valence-electron chi connectivity index (χ0n) is 17.4. The number of carbonyl (C=O) groups is 2. The monoisotopic (exact) mass is 423 g/mol. The van der Waals surface area contributed by atoms with Crippen LogP contribution in [-0.2, 0) is 9.53 Å². The number of carboxylic acid groups (broad SMARTS) is 1. The molecule has 3 fully saturated rings. The zero-order valence-corrected chi connectivity index (χ0v) is 17.4. The molecule has 2 aliphatic heterocycles. The molecule has 5 nitrogen and oxygen atoms in total. The van der Waals surface area contributed by atoms with Crippen LogP contribution < -0.4 is 0 Å². The molecule has 6 heteroatoms. The first-order valence-electron chi connectivity index (χ1n) is 11.0. The van der Waals surface area contributed by atoms with Gasteiger partial charge in [0, 0.05) is 19.7 Å². The first-order chi connectivity index (χ1) is 14.9. The van der Waals surface area contributed by atoms with Crippen molar-refractivity contribution in [1.29, 1.82) is 0 Å². The number of carboxylic acids is 1. The molecule has 0 bridgehead atoms. The van der Waals surface area contributed by atoms with Gasteiger partial charge in [-0.1, -0.05) is 24.3 Å². The topological polar surface area (TPSA) is 66.8 Å². The molecule has 2 aromatic rings. The van der Waals surface area contributed by atoms with E-state index in [1.54, 1.807) is 0 Å². The van der Waals surface area contributed by atoms with Crippen molar-refractivity contribution in [2.45, 2.75) is 44.1 Å². The molecule has 1 aliphatic carbocycles. The number of halogens is 1. The molecule has 1 amide bonds. The van der Waals surface area contributed by atoms with E-state index in [-0.39, 0.29) is 23.0 Å². The van der Waals surface area contributed by atoms with E-state index < -0.39 is 11.8 Å². The highest BCUT2D eigenvalue weighted by Crippen LogP contribution is 2.65. The van der Waals surface area contributed by atoms with Crippen molar-refractivity contribution in [3.8, 4) is 11.1 Å². The third-order valence-electron chi connectivity index (χ3n) is 7.26. The SMILES string of the molecule is O=C(O)c1cc(F)cc(-c2ccc([C@H]3CC34CCN(C(=O)C3CCCO3)CC4)cc2)c1. The molecule has 2 aromatic carbocycles. The van der Waals surface area contributed by atoms with Gasteiger partial charge < -0.3 is 14.7 Å². The Labute approximate surface area is 180 Å². The number of likely N-dealkylation sites (tertiary alicyclic amines) is 1. The molecule has 1 saturated carbocycles. The summed E-state index contributed by atoms with van der Waals surface area (Å²) < 4.78 is 19.4. The van der Waals surface area contributed by atoms with Crippen molar-refractivity contribution in [3.63, 3.8) is 0 Å². The van der Waals surface area contributed by atoms with Gasteiger partial charge in [-0.2, -0.15) is 0 Å². The Balaban J connectivity index is 1.24. The average Bonchev–Trinajstić information content (AvgIpc) is 3.20. The molecular formula is C25H26FNO4. The van der Waals surface area contributed by atoms with E-state index in [2.05, 4.69) is 12.1 Å². The van der Waals surface area contributed by atoms with Crippen molar-refractivity contribution in [1.82, 2.24) is 4.90 Å². The second-order valence-electron chi connectivity index (χ2n) is 9.10. The standard InChI is InChI=1S/C25H26FNO4/c26-20-13-18(12-19(14-20)24(29)30)16-3-5-17(6-4-16)21-15-25(21)7-9-27(10-8-25)23(28)22-2-1-11-31-22/h3-6,12-14,21-22H,1-2,7-11,15H2,(H,29,30)/t21-,22?/m1/s1. The number of hydrogen-bond acceptors (Lipinski definition) is 3. The summed E-state index contributed by atoms with van der Waals surface area (Å²) in [5.74, 6) is -1.04. The van der Waals surface area contributed by atoms with Gasteiger partial charge in [0.25, 0.3) is 5.91 Å².